The Kier molecular flexibility index (Phi) is 31.4. The topological polar surface area (TPSA) is 125 Å². The number of pyridine rings is 3. The van der Waals surface area contributed by atoms with Crippen molar-refractivity contribution in [1.82, 2.24) is 19.9 Å². The molecule has 14 heteroatoms. The molecule has 0 unspecified atom stereocenters. The van der Waals surface area contributed by atoms with Crippen LogP contribution in [0.15, 0.2) is 42.6 Å². The van der Waals surface area contributed by atoms with E-state index in [4.69, 9.17) is 47.6 Å². The van der Waals surface area contributed by atoms with Crippen molar-refractivity contribution in [2.24, 2.45) is 0 Å². The Bertz CT molecular complexity index is 1830. The standard InChI is InChI=1S/C52H75IN4O9/c1-3-5-7-9-11-13-23-65-50-19-20-54-46(41-50)15-16-47-39-45(40-48(55-47)17-18-49-42-51(43-52(53)56-49)66-24-14-12-10-8-6-4-2)44-57-21-25-58-27-29-60-31-33-62-35-37-64-38-36-63-34-32-61-30-28-59-26-22-57/h19-20,39-43H,3-14,21-38,44H2,1-2H3. The molecule has 0 radical (unpaired) electrons. The molecule has 1 fully saturated rings. The van der Waals surface area contributed by atoms with Crippen LogP contribution in [0.5, 0.6) is 11.5 Å². The van der Waals surface area contributed by atoms with E-state index in [0.29, 0.717) is 148 Å². The first-order chi connectivity index (χ1) is 32.6. The summed E-state index contributed by atoms with van der Waals surface area (Å²) in [7, 11) is 0. The monoisotopic (exact) mass is 1030 g/mol. The lowest BCUT2D eigenvalue weighted by atomic mass is 10.1. The van der Waals surface area contributed by atoms with E-state index in [0.717, 1.165) is 33.6 Å². The predicted molar refractivity (Wildman–Crippen MR) is 266 cm³/mol. The Morgan fingerprint density at radius 1 is 0.485 bits per heavy atom. The molecule has 3 aromatic heterocycles. The van der Waals surface area contributed by atoms with Crippen molar-refractivity contribution in [3.63, 3.8) is 0 Å². The molecule has 13 nitrogen and oxygen atoms in total. The van der Waals surface area contributed by atoms with Crippen molar-refractivity contribution in [2.45, 2.75) is 97.4 Å². The lowest BCUT2D eigenvalue weighted by molar-refractivity contribution is -0.0242. The average molecular weight is 1030 g/mol. The first-order valence-corrected chi connectivity index (χ1v) is 25.4. The summed E-state index contributed by atoms with van der Waals surface area (Å²) in [5.41, 5.74) is 3.41. The molecule has 1 saturated heterocycles. The maximum absolute atomic E-state index is 6.13. The summed E-state index contributed by atoms with van der Waals surface area (Å²) in [5.74, 6) is 14.6. The Balaban J connectivity index is 1.49. The third kappa shape index (κ3) is 27.4. The van der Waals surface area contributed by atoms with E-state index in [2.05, 4.69) is 75.0 Å². The Hall–Kier alpha value is -3.42. The van der Waals surface area contributed by atoms with Crippen LogP contribution in [0.3, 0.4) is 0 Å². The van der Waals surface area contributed by atoms with Crippen LogP contribution < -0.4 is 9.47 Å². The van der Waals surface area contributed by atoms with Gasteiger partial charge in [-0.1, -0.05) is 78.1 Å². The van der Waals surface area contributed by atoms with Crippen LogP contribution in [0.4, 0.5) is 0 Å². The van der Waals surface area contributed by atoms with Gasteiger partial charge in [-0.3, -0.25) is 4.90 Å². The van der Waals surface area contributed by atoms with E-state index in [9.17, 15) is 0 Å². The van der Waals surface area contributed by atoms with Crippen LogP contribution in [0.2, 0.25) is 0 Å². The number of rotatable bonds is 18. The lowest BCUT2D eigenvalue weighted by Crippen LogP contribution is -2.31. The number of hydrogen-bond donors (Lipinski definition) is 0. The predicted octanol–water partition coefficient (Wildman–Crippen LogP) is 8.69. The average Bonchev–Trinajstić information content (AvgIpc) is 3.32. The molecular formula is C52H75IN4O9. The largest absolute Gasteiger partial charge is 0.493 e. The molecule has 0 aliphatic carbocycles. The van der Waals surface area contributed by atoms with E-state index in [-0.39, 0.29) is 0 Å². The molecule has 3 aromatic rings. The molecule has 4 heterocycles. The van der Waals surface area contributed by atoms with Crippen LogP contribution in [0.25, 0.3) is 0 Å². The quantitative estimate of drug-likeness (QED) is 0.0523. The normalized spacial score (nSPS) is 15.9. The van der Waals surface area contributed by atoms with E-state index in [1.54, 1.807) is 6.20 Å². The van der Waals surface area contributed by atoms with Gasteiger partial charge in [-0.25, -0.2) is 15.0 Å². The summed E-state index contributed by atoms with van der Waals surface area (Å²) in [5, 5.41) is 0. The van der Waals surface area contributed by atoms with Gasteiger partial charge in [0.25, 0.3) is 0 Å². The van der Waals surface area contributed by atoms with Crippen molar-refractivity contribution in [2.75, 3.05) is 119 Å². The summed E-state index contributed by atoms with van der Waals surface area (Å²) < 4.78 is 53.2. The summed E-state index contributed by atoms with van der Waals surface area (Å²) >= 11 is 2.22. The van der Waals surface area contributed by atoms with Gasteiger partial charge < -0.3 is 42.6 Å². The van der Waals surface area contributed by atoms with Gasteiger partial charge in [-0.2, -0.15) is 0 Å². The molecule has 0 spiro atoms. The molecule has 1 aliphatic heterocycles. The smallest absolute Gasteiger partial charge is 0.124 e. The molecule has 0 aromatic carbocycles. The minimum atomic E-state index is 0.483. The molecule has 0 atom stereocenters. The Morgan fingerprint density at radius 2 is 0.894 bits per heavy atom. The van der Waals surface area contributed by atoms with Gasteiger partial charge in [0, 0.05) is 44.0 Å². The van der Waals surface area contributed by atoms with Gasteiger partial charge in [-0.15, -0.1) is 0 Å². The molecule has 4 rings (SSSR count). The number of unbranched alkanes of at least 4 members (excludes halogenated alkanes) is 10. The summed E-state index contributed by atoms with van der Waals surface area (Å²) in [6.07, 6.45) is 16.2. The first-order valence-electron chi connectivity index (χ1n) is 24.3. The van der Waals surface area contributed by atoms with Crippen molar-refractivity contribution in [3.05, 3.63) is 74.6 Å². The third-order valence-corrected chi connectivity index (χ3v) is 10.8. The van der Waals surface area contributed by atoms with Crippen molar-refractivity contribution in [1.29, 1.82) is 0 Å². The number of halogens is 1. The van der Waals surface area contributed by atoms with Crippen LogP contribution in [0.1, 0.15) is 119 Å². The third-order valence-electron chi connectivity index (χ3n) is 10.3. The fourth-order valence-corrected chi connectivity index (χ4v) is 7.30. The van der Waals surface area contributed by atoms with E-state index in [1.165, 1.54) is 64.2 Å². The molecule has 0 amide bonds. The second-order valence-corrected chi connectivity index (χ2v) is 17.0. The highest BCUT2D eigenvalue weighted by Gasteiger charge is 2.10. The van der Waals surface area contributed by atoms with Gasteiger partial charge in [-0.05, 0) is 82.9 Å². The zero-order valence-corrected chi connectivity index (χ0v) is 42.0. The van der Waals surface area contributed by atoms with Gasteiger partial charge >= 0.3 is 0 Å². The van der Waals surface area contributed by atoms with Crippen LogP contribution in [-0.4, -0.2) is 139 Å². The number of ether oxygens (including phenoxy) is 9. The fraction of sp³-hybridized carbons (Fsp3) is 0.635. The highest BCUT2D eigenvalue weighted by atomic mass is 127. The SMILES string of the molecule is CCCCCCCCOc1ccnc(C#Cc2cc(CN3CCOCCOCCOCCOCCOCCOCCOCC3)cc(C#Cc3cc(OCCCCCCCC)cc(I)n3)n2)c1. The van der Waals surface area contributed by atoms with Gasteiger partial charge in [0.15, 0.2) is 0 Å². The lowest BCUT2D eigenvalue weighted by Gasteiger charge is -2.22. The fourth-order valence-electron chi connectivity index (χ4n) is 6.73. The highest BCUT2D eigenvalue weighted by molar-refractivity contribution is 14.1. The van der Waals surface area contributed by atoms with Crippen LogP contribution in [0, 0.1) is 27.4 Å². The maximum atomic E-state index is 6.13. The van der Waals surface area contributed by atoms with E-state index < -0.39 is 0 Å². The van der Waals surface area contributed by atoms with Crippen molar-refractivity contribution < 1.29 is 42.6 Å². The van der Waals surface area contributed by atoms with E-state index >= 15 is 0 Å². The molecular weight excluding hydrogens is 951 g/mol. The zero-order chi connectivity index (χ0) is 46.4. The van der Waals surface area contributed by atoms with Crippen LogP contribution >= 0.6 is 22.6 Å². The van der Waals surface area contributed by atoms with Gasteiger partial charge in [0.1, 0.15) is 38.0 Å². The Morgan fingerprint density at radius 3 is 1.39 bits per heavy atom. The second kappa shape index (κ2) is 37.5. The highest BCUT2D eigenvalue weighted by Crippen LogP contribution is 2.18. The molecule has 0 N–H and O–H groups in total. The molecule has 66 heavy (non-hydrogen) atoms. The maximum Gasteiger partial charge on any atom is 0.124 e. The van der Waals surface area contributed by atoms with Gasteiger partial charge in [0.2, 0.25) is 0 Å². The molecule has 364 valence electrons. The first kappa shape index (κ1) is 55.2. The zero-order valence-electron chi connectivity index (χ0n) is 39.8. The number of hydrogen-bond acceptors (Lipinski definition) is 13. The summed E-state index contributed by atoms with van der Waals surface area (Å²) in [4.78, 5) is 16.4. The second-order valence-electron chi connectivity index (χ2n) is 15.9. The Labute approximate surface area is 409 Å². The minimum Gasteiger partial charge on any atom is -0.493 e. The number of nitrogens with zero attached hydrogens (tertiary/aromatic N) is 4. The van der Waals surface area contributed by atoms with Crippen molar-refractivity contribution in [3.8, 4) is 35.2 Å². The summed E-state index contributed by atoms with van der Waals surface area (Å²) in [6.45, 7) is 14.8. The summed E-state index contributed by atoms with van der Waals surface area (Å²) in [6, 6.07) is 11.6. The van der Waals surface area contributed by atoms with E-state index in [1.807, 2.05) is 36.4 Å². The van der Waals surface area contributed by atoms with Gasteiger partial charge in [0.05, 0.1) is 106 Å². The van der Waals surface area contributed by atoms with Crippen molar-refractivity contribution >= 4 is 22.6 Å². The number of aromatic nitrogens is 3. The molecule has 1 aliphatic rings. The minimum absolute atomic E-state index is 0.483. The van der Waals surface area contributed by atoms with Crippen LogP contribution in [-0.2, 0) is 39.7 Å². The molecule has 0 saturated carbocycles. The molecule has 0 bridgehead atoms.